The summed E-state index contributed by atoms with van der Waals surface area (Å²) in [5, 5.41) is 2.73. The third-order valence-corrected chi connectivity index (χ3v) is 8.13. The molecule has 2 aromatic carbocycles. The van der Waals surface area contributed by atoms with E-state index in [9.17, 15) is 26.5 Å². The Balaban J connectivity index is 1.54. The largest absolute Gasteiger partial charge is 0.417 e. The molecule has 12 heteroatoms. The van der Waals surface area contributed by atoms with Crippen molar-refractivity contribution in [3.05, 3.63) is 64.7 Å². The molecule has 0 amide bonds. The molecule has 3 N–H and O–H groups in total. The molecular formula is C24H29F5NO4PS. The molecule has 1 heterocycles. The first kappa shape index (κ1) is 29.1. The van der Waals surface area contributed by atoms with Gasteiger partial charge in [-0.05, 0) is 61.4 Å². The molecule has 1 aliphatic heterocycles. The molecular weight excluding hydrogens is 524 g/mol. The summed E-state index contributed by atoms with van der Waals surface area (Å²) >= 11 is 0.958. The number of halogens is 5. The number of thioether (sulfide) groups is 1. The van der Waals surface area contributed by atoms with Crippen molar-refractivity contribution < 1.29 is 41.0 Å². The molecule has 1 aliphatic rings. The molecule has 0 radical (unpaired) electrons. The summed E-state index contributed by atoms with van der Waals surface area (Å²) in [5.41, 5.74) is -0.290. The highest BCUT2D eigenvalue weighted by Gasteiger charge is 2.39. The van der Waals surface area contributed by atoms with E-state index >= 15 is 0 Å². The average Bonchev–Trinajstić information content (AvgIpc) is 2.75. The number of nitrogens with one attached hydrogen (secondary N) is 1. The Kier molecular flexibility index (Phi) is 9.99. The first-order valence-corrected chi connectivity index (χ1v) is 14.3. The second-order valence-electron chi connectivity index (χ2n) is 8.94. The minimum atomic E-state index is -4.65. The maximum absolute atomic E-state index is 14.5. The fourth-order valence-corrected chi connectivity index (χ4v) is 5.72. The number of hydrogen-bond donors (Lipinski definition) is 3. The van der Waals surface area contributed by atoms with E-state index in [1.165, 1.54) is 12.1 Å². The Morgan fingerprint density at radius 3 is 2.33 bits per heavy atom. The van der Waals surface area contributed by atoms with Crippen molar-refractivity contribution in [2.45, 2.75) is 48.7 Å². The maximum atomic E-state index is 14.5. The third kappa shape index (κ3) is 8.26. The Bertz CT molecular complexity index is 1060. The maximum Gasteiger partial charge on any atom is 0.417 e. The molecule has 1 fully saturated rings. The van der Waals surface area contributed by atoms with Crippen LogP contribution in [0.4, 0.5) is 22.0 Å². The van der Waals surface area contributed by atoms with Gasteiger partial charge in [-0.15, -0.1) is 11.8 Å². The van der Waals surface area contributed by atoms with Crippen LogP contribution in [0, 0.1) is 11.6 Å². The molecule has 0 bridgehead atoms. The monoisotopic (exact) mass is 553 g/mol. The Morgan fingerprint density at radius 1 is 1.06 bits per heavy atom. The van der Waals surface area contributed by atoms with Gasteiger partial charge in [-0.2, -0.15) is 13.2 Å². The van der Waals surface area contributed by atoms with Crippen molar-refractivity contribution >= 4 is 19.4 Å². The number of unbranched alkanes of at least 4 members (excludes halogenated alkanes) is 1. The smallest absolute Gasteiger partial charge is 0.379 e. The molecule has 0 spiro atoms. The number of ether oxygens (including phenoxy) is 1. The number of alkyl halides is 3. The summed E-state index contributed by atoms with van der Waals surface area (Å²) in [4.78, 5) is 17.5. The van der Waals surface area contributed by atoms with Gasteiger partial charge in [0.05, 0.1) is 24.9 Å². The van der Waals surface area contributed by atoms with Crippen molar-refractivity contribution in [2.75, 3.05) is 31.7 Å². The summed E-state index contributed by atoms with van der Waals surface area (Å²) < 4.78 is 85.0. The zero-order valence-corrected chi connectivity index (χ0v) is 21.2. The number of rotatable bonds is 13. The standard InChI is InChI=1S/C24H29F5NO4PS/c25-19-6-4-18(5-7-19)23(15-34-16-23)8-1-2-11-36-22-13-21(26)17(12-20(22)24(27,28)29)14-30-9-3-10-35(31,32)33/h4-7,12-13,30H,1-3,8-11,14-16H2,(H2,31,32,33). The average molecular weight is 554 g/mol. The lowest BCUT2D eigenvalue weighted by atomic mass is 9.75. The van der Waals surface area contributed by atoms with Gasteiger partial charge in [0.15, 0.2) is 0 Å². The molecule has 0 aromatic heterocycles. The van der Waals surface area contributed by atoms with E-state index in [1.54, 1.807) is 12.1 Å². The van der Waals surface area contributed by atoms with Crippen molar-refractivity contribution in [1.29, 1.82) is 0 Å². The summed E-state index contributed by atoms with van der Waals surface area (Å²) in [5.74, 6) is -0.710. The van der Waals surface area contributed by atoms with Crippen LogP contribution in [0.3, 0.4) is 0 Å². The molecule has 0 aliphatic carbocycles. The molecule has 200 valence electrons. The summed E-state index contributed by atoms with van der Waals surface area (Å²) in [7, 11) is -4.15. The van der Waals surface area contributed by atoms with E-state index < -0.39 is 25.2 Å². The SMILES string of the molecule is O=P(O)(O)CCCNCc1cc(C(F)(F)F)c(SCCCCC2(c3ccc(F)cc3)COC2)cc1F. The highest BCUT2D eigenvalue weighted by Crippen LogP contribution is 2.40. The normalized spacial score (nSPS) is 15.6. The minimum absolute atomic E-state index is 0.112. The van der Waals surface area contributed by atoms with Gasteiger partial charge in [-0.25, -0.2) is 8.78 Å². The van der Waals surface area contributed by atoms with Crippen LogP contribution in [0.25, 0.3) is 0 Å². The lowest BCUT2D eigenvalue weighted by Gasteiger charge is -2.42. The second-order valence-corrected chi connectivity index (χ2v) is 11.9. The van der Waals surface area contributed by atoms with Gasteiger partial charge in [-0.1, -0.05) is 18.6 Å². The first-order valence-electron chi connectivity index (χ1n) is 11.5. The Hall–Kier alpha value is -1.49. The molecule has 0 unspecified atom stereocenters. The van der Waals surface area contributed by atoms with Gasteiger partial charge >= 0.3 is 13.8 Å². The van der Waals surface area contributed by atoms with Crippen LogP contribution < -0.4 is 5.32 Å². The second kappa shape index (κ2) is 12.4. The molecule has 2 aromatic rings. The summed E-state index contributed by atoms with van der Waals surface area (Å²) in [6, 6.07) is 7.97. The number of benzene rings is 2. The number of hydrogen-bond acceptors (Lipinski definition) is 4. The minimum Gasteiger partial charge on any atom is -0.379 e. The van der Waals surface area contributed by atoms with Crippen molar-refractivity contribution in [1.82, 2.24) is 5.32 Å². The molecule has 0 atom stereocenters. The molecule has 36 heavy (non-hydrogen) atoms. The van der Waals surface area contributed by atoms with Gasteiger partial charge in [-0.3, -0.25) is 4.57 Å². The fraction of sp³-hybridized carbons (Fsp3) is 0.500. The summed E-state index contributed by atoms with van der Waals surface area (Å²) in [6.07, 6.45) is -2.79. The predicted molar refractivity (Wildman–Crippen MR) is 128 cm³/mol. The van der Waals surface area contributed by atoms with Crippen LogP contribution in [-0.2, 0) is 27.4 Å². The lowest BCUT2D eigenvalue weighted by molar-refractivity contribution is -0.139. The zero-order chi connectivity index (χ0) is 26.4. The van der Waals surface area contributed by atoms with Crippen molar-refractivity contribution in [3.8, 4) is 0 Å². The molecule has 3 rings (SSSR count). The van der Waals surface area contributed by atoms with Crippen molar-refractivity contribution in [2.24, 2.45) is 0 Å². The molecule has 1 saturated heterocycles. The van der Waals surface area contributed by atoms with Crippen LogP contribution in [0.15, 0.2) is 41.3 Å². The fourth-order valence-electron chi connectivity index (χ4n) is 4.06. The van der Waals surface area contributed by atoms with Gasteiger partial charge in [0, 0.05) is 22.4 Å². The van der Waals surface area contributed by atoms with Crippen LogP contribution in [-0.4, -0.2) is 41.5 Å². The summed E-state index contributed by atoms with van der Waals surface area (Å²) in [6.45, 7) is 0.982. The highest BCUT2D eigenvalue weighted by molar-refractivity contribution is 7.99. The van der Waals surface area contributed by atoms with Gasteiger partial charge in [0.25, 0.3) is 0 Å². The van der Waals surface area contributed by atoms with Crippen LogP contribution in [0.1, 0.15) is 42.4 Å². The van der Waals surface area contributed by atoms with Gasteiger partial charge in [0.2, 0.25) is 0 Å². The zero-order valence-electron chi connectivity index (χ0n) is 19.5. The van der Waals surface area contributed by atoms with E-state index in [1.807, 2.05) is 0 Å². The van der Waals surface area contributed by atoms with Crippen LogP contribution in [0.2, 0.25) is 0 Å². The third-order valence-electron chi connectivity index (χ3n) is 6.09. The Labute approximate surface area is 211 Å². The van der Waals surface area contributed by atoms with Crippen LogP contribution >= 0.6 is 19.4 Å². The van der Waals surface area contributed by atoms with E-state index in [0.717, 1.165) is 42.3 Å². The topological polar surface area (TPSA) is 78.8 Å². The highest BCUT2D eigenvalue weighted by atomic mass is 32.2. The molecule has 0 saturated carbocycles. The van der Waals surface area contributed by atoms with Crippen molar-refractivity contribution in [3.63, 3.8) is 0 Å². The Morgan fingerprint density at radius 2 is 1.75 bits per heavy atom. The van der Waals surface area contributed by atoms with E-state index in [2.05, 4.69) is 5.32 Å². The first-order chi connectivity index (χ1) is 16.9. The van der Waals surface area contributed by atoms with Gasteiger partial charge in [0.1, 0.15) is 11.6 Å². The quantitative estimate of drug-likeness (QED) is 0.125. The van der Waals surface area contributed by atoms with E-state index in [0.29, 0.717) is 25.4 Å². The van der Waals surface area contributed by atoms with E-state index in [-0.39, 0.29) is 47.4 Å². The predicted octanol–water partition coefficient (Wildman–Crippen LogP) is 5.87. The van der Waals surface area contributed by atoms with E-state index in [4.69, 9.17) is 14.5 Å². The van der Waals surface area contributed by atoms with Gasteiger partial charge < -0.3 is 19.8 Å². The van der Waals surface area contributed by atoms with Crippen LogP contribution in [0.5, 0.6) is 0 Å². The lowest BCUT2D eigenvalue weighted by Crippen LogP contribution is -2.46. The molecule has 5 nitrogen and oxygen atoms in total.